The standard InChI is InChI=1S/C26H26F3N7O2/c1-15-6-5-7-21(36(14-37)12-22(38)32-13-26(27,28)29)25(15)35(4)18-8-16(2)24(31-9-18)19-10-30-11-20-23(19)17(3)33-34-20/h5-11,14H,12-13H2,1-4H3,(H,32,38)(H,33,34). The first-order valence-corrected chi connectivity index (χ1v) is 11.6. The number of fused-ring (bicyclic) bond motifs is 1. The molecule has 0 aliphatic heterocycles. The molecule has 4 aromatic rings. The summed E-state index contributed by atoms with van der Waals surface area (Å²) in [6, 6.07) is 7.12. The van der Waals surface area contributed by atoms with E-state index in [-0.39, 0.29) is 0 Å². The van der Waals surface area contributed by atoms with Gasteiger partial charge in [0.05, 0.1) is 35.1 Å². The van der Waals surface area contributed by atoms with Gasteiger partial charge in [-0.2, -0.15) is 18.3 Å². The van der Waals surface area contributed by atoms with Gasteiger partial charge in [-0.3, -0.25) is 24.7 Å². The lowest BCUT2D eigenvalue weighted by atomic mass is 10.0. The number of halogens is 3. The fourth-order valence-corrected chi connectivity index (χ4v) is 4.36. The highest BCUT2D eigenvalue weighted by atomic mass is 19.4. The number of nitrogens with one attached hydrogen (secondary N) is 2. The summed E-state index contributed by atoms with van der Waals surface area (Å²) >= 11 is 0. The number of H-pyrrole nitrogens is 1. The minimum absolute atomic E-state index is 0.370. The molecule has 0 bridgehead atoms. The number of aryl methyl sites for hydroxylation is 3. The van der Waals surface area contributed by atoms with E-state index in [1.165, 1.54) is 0 Å². The number of nitrogens with zero attached hydrogens (tertiary/aromatic N) is 5. The molecular weight excluding hydrogens is 499 g/mol. The molecule has 0 radical (unpaired) electrons. The van der Waals surface area contributed by atoms with E-state index >= 15 is 0 Å². The molecule has 0 saturated heterocycles. The lowest BCUT2D eigenvalue weighted by Crippen LogP contribution is -2.41. The number of alkyl halides is 3. The monoisotopic (exact) mass is 525 g/mol. The van der Waals surface area contributed by atoms with Crippen molar-refractivity contribution in [1.82, 2.24) is 25.5 Å². The van der Waals surface area contributed by atoms with Crippen molar-refractivity contribution in [3.8, 4) is 11.3 Å². The number of para-hydroxylation sites is 1. The second kappa shape index (κ2) is 10.5. The second-order valence-electron chi connectivity index (χ2n) is 8.92. The molecule has 0 spiro atoms. The molecular formula is C26H26F3N7O2. The van der Waals surface area contributed by atoms with Crippen LogP contribution in [-0.2, 0) is 9.59 Å². The van der Waals surface area contributed by atoms with Crippen molar-refractivity contribution in [2.45, 2.75) is 26.9 Å². The predicted molar refractivity (Wildman–Crippen MR) is 138 cm³/mol. The van der Waals surface area contributed by atoms with Gasteiger partial charge in [0.2, 0.25) is 12.3 Å². The average molecular weight is 526 g/mol. The Morgan fingerprint density at radius 1 is 1.13 bits per heavy atom. The number of rotatable bonds is 8. The van der Waals surface area contributed by atoms with Crippen LogP contribution in [0.25, 0.3) is 22.2 Å². The lowest BCUT2D eigenvalue weighted by Gasteiger charge is -2.28. The van der Waals surface area contributed by atoms with Crippen molar-refractivity contribution in [2.75, 3.05) is 29.9 Å². The Kier molecular flexibility index (Phi) is 7.33. The Balaban J connectivity index is 1.66. The third-order valence-corrected chi connectivity index (χ3v) is 6.14. The van der Waals surface area contributed by atoms with Gasteiger partial charge < -0.3 is 15.1 Å². The Morgan fingerprint density at radius 3 is 2.58 bits per heavy atom. The molecule has 4 rings (SSSR count). The van der Waals surface area contributed by atoms with Gasteiger partial charge in [0, 0.05) is 29.9 Å². The van der Waals surface area contributed by atoms with E-state index in [1.807, 2.05) is 37.8 Å². The normalized spacial score (nSPS) is 11.4. The highest BCUT2D eigenvalue weighted by molar-refractivity contribution is 5.96. The molecule has 1 aromatic carbocycles. The van der Waals surface area contributed by atoms with Crippen LogP contribution in [0.4, 0.5) is 30.2 Å². The maximum absolute atomic E-state index is 12.5. The van der Waals surface area contributed by atoms with Crippen molar-refractivity contribution in [1.29, 1.82) is 0 Å². The summed E-state index contributed by atoms with van der Waals surface area (Å²) in [6.07, 6.45) is 0.989. The number of hydrogen-bond donors (Lipinski definition) is 2. The molecule has 0 saturated carbocycles. The van der Waals surface area contributed by atoms with Crippen LogP contribution in [0.15, 0.2) is 42.9 Å². The Hall–Kier alpha value is -4.48. The van der Waals surface area contributed by atoms with E-state index in [4.69, 9.17) is 4.98 Å². The van der Waals surface area contributed by atoms with Crippen LogP contribution in [0, 0.1) is 20.8 Å². The van der Waals surface area contributed by atoms with Crippen molar-refractivity contribution in [3.63, 3.8) is 0 Å². The predicted octanol–water partition coefficient (Wildman–Crippen LogP) is 4.35. The van der Waals surface area contributed by atoms with Crippen LogP contribution in [0.2, 0.25) is 0 Å². The fourth-order valence-electron chi connectivity index (χ4n) is 4.36. The molecule has 3 heterocycles. The molecule has 0 aliphatic rings. The molecule has 12 heteroatoms. The number of aromatic nitrogens is 4. The summed E-state index contributed by atoms with van der Waals surface area (Å²) in [4.78, 5) is 35.9. The molecule has 2 N–H and O–H groups in total. The van der Waals surface area contributed by atoms with Gasteiger partial charge in [0.15, 0.2) is 0 Å². The maximum atomic E-state index is 12.5. The van der Waals surface area contributed by atoms with Gasteiger partial charge >= 0.3 is 6.18 Å². The van der Waals surface area contributed by atoms with Gasteiger partial charge in [-0.1, -0.05) is 12.1 Å². The Bertz CT molecular complexity index is 1500. The maximum Gasteiger partial charge on any atom is 0.405 e. The van der Waals surface area contributed by atoms with Gasteiger partial charge in [-0.25, -0.2) is 0 Å². The number of pyridine rings is 2. The summed E-state index contributed by atoms with van der Waals surface area (Å²) in [5, 5.41) is 9.97. The van der Waals surface area contributed by atoms with Crippen LogP contribution in [-0.4, -0.2) is 58.8 Å². The summed E-state index contributed by atoms with van der Waals surface area (Å²) in [5.41, 5.74) is 6.56. The first-order valence-electron chi connectivity index (χ1n) is 11.6. The van der Waals surface area contributed by atoms with Crippen molar-refractivity contribution >= 4 is 40.3 Å². The van der Waals surface area contributed by atoms with E-state index in [2.05, 4.69) is 15.2 Å². The minimum atomic E-state index is -4.55. The zero-order valence-corrected chi connectivity index (χ0v) is 21.2. The Labute approximate surface area is 216 Å². The van der Waals surface area contributed by atoms with Crippen LogP contribution < -0.4 is 15.1 Å². The summed E-state index contributed by atoms with van der Waals surface area (Å²) in [5.74, 6) is -0.927. The number of aromatic amines is 1. The van der Waals surface area contributed by atoms with Crippen LogP contribution >= 0.6 is 0 Å². The topological polar surface area (TPSA) is 107 Å². The molecule has 2 amide bonds. The average Bonchev–Trinajstić information content (AvgIpc) is 3.26. The second-order valence-corrected chi connectivity index (χ2v) is 8.92. The molecule has 0 fully saturated rings. The molecule has 0 unspecified atom stereocenters. The van der Waals surface area contributed by atoms with Crippen LogP contribution in [0.3, 0.4) is 0 Å². The number of carbonyl (C=O) groups excluding carboxylic acids is 2. The molecule has 0 atom stereocenters. The minimum Gasteiger partial charge on any atom is -0.345 e. The van der Waals surface area contributed by atoms with Gasteiger partial charge in [-0.05, 0) is 44.0 Å². The number of hydrogen-bond acceptors (Lipinski definition) is 6. The number of amides is 2. The zero-order chi connectivity index (χ0) is 27.6. The summed E-state index contributed by atoms with van der Waals surface area (Å²) in [6.45, 7) is 3.65. The fraction of sp³-hybridized carbons (Fsp3) is 0.269. The molecule has 9 nitrogen and oxygen atoms in total. The van der Waals surface area contributed by atoms with E-state index in [1.54, 1.807) is 43.1 Å². The first-order chi connectivity index (χ1) is 18.0. The van der Waals surface area contributed by atoms with Crippen molar-refractivity contribution < 1.29 is 22.8 Å². The van der Waals surface area contributed by atoms with Crippen LogP contribution in [0.5, 0.6) is 0 Å². The van der Waals surface area contributed by atoms with Gasteiger partial charge in [-0.15, -0.1) is 0 Å². The SMILES string of the molecule is Cc1cc(N(C)c2c(C)cccc2N(C=O)CC(=O)NCC(F)(F)F)cnc1-c1cncc2n[nH]c(C)c12. The number of benzene rings is 1. The Morgan fingerprint density at radius 2 is 1.89 bits per heavy atom. The highest BCUT2D eigenvalue weighted by Gasteiger charge is 2.28. The largest absolute Gasteiger partial charge is 0.405 e. The smallest absolute Gasteiger partial charge is 0.345 e. The first kappa shape index (κ1) is 26.6. The van der Waals surface area contributed by atoms with E-state index in [0.29, 0.717) is 23.5 Å². The van der Waals surface area contributed by atoms with E-state index in [9.17, 15) is 22.8 Å². The number of anilines is 3. The lowest BCUT2D eigenvalue weighted by molar-refractivity contribution is -0.137. The van der Waals surface area contributed by atoms with Crippen molar-refractivity contribution in [3.05, 3.63) is 59.7 Å². The zero-order valence-electron chi connectivity index (χ0n) is 21.2. The molecule has 198 valence electrons. The molecule has 3 aromatic heterocycles. The highest BCUT2D eigenvalue weighted by Crippen LogP contribution is 2.37. The summed E-state index contributed by atoms with van der Waals surface area (Å²) < 4.78 is 37.5. The third-order valence-electron chi connectivity index (χ3n) is 6.14. The van der Waals surface area contributed by atoms with Crippen molar-refractivity contribution in [2.24, 2.45) is 0 Å². The summed E-state index contributed by atoms with van der Waals surface area (Å²) in [7, 11) is 1.79. The van der Waals surface area contributed by atoms with E-state index in [0.717, 1.165) is 43.9 Å². The number of carbonyl (C=O) groups is 2. The van der Waals surface area contributed by atoms with Gasteiger partial charge in [0.1, 0.15) is 18.6 Å². The quantitative estimate of drug-likeness (QED) is 0.331. The van der Waals surface area contributed by atoms with Gasteiger partial charge in [0.25, 0.3) is 0 Å². The van der Waals surface area contributed by atoms with E-state index < -0.39 is 25.2 Å². The molecule has 0 aliphatic carbocycles. The molecule has 38 heavy (non-hydrogen) atoms. The third kappa shape index (κ3) is 5.43. The van der Waals surface area contributed by atoms with Crippen LogP contribution in [0.1, 0.15) is 16.8 Å².